The summed E-state index contributed by atoms with van der Waals surface area (Å²) in [5.41, 5.74) is 4.33. The highest BCUT2D eigenvalue weighted by Crippen LogP contribution is 2.35. The first kappa shape index (κ1) is 22.0. The van der Waals surface area contributed by atoms with Crippen LogP contribution in [0.4, 0.5) is 0 Å². The van der Waals surface area contributed by atoms with E-state index < -0.39 is 0 Å². The number of ether oxygens (including phenoxy) is 1. The number of carbonyl (C=O) groups is 2. The van der Waals surface area contributed by atoms with Gasteiger partial charge in [0.1, 0.15) is 5.70 Å². The van der Waals surface area contributed by atoms with Crippen molar-refractivity contribution in [1.82, 2.24) is 14.7 Å². The molecule has 0 atom stereocenters. The Morgan fingerprint density at radius 2 is 1.68 bits per heavy atom. The lowest BCUT2D eigenvalue weighted by Gasteiger charge is -2.33. The second-order valence-corrected chi connectivity index (χ2v) is 9.28. The lowest BCUT2D eigenvalue weighted by atomic mass is 9.95. The molecule has 6 nitrogen and oxygen atoms in total. The van der Waals surface area contributed by atoms with Gasteiger partial charge in [-0.25, -0.2) is 0 Å². The van der Waals surface area contributed by atoms with E-state index in [-0.39, 0.29) is 11.8 Å². The van der Waals surface area contributed by atoms with Crippen LogP contribution in [0.15, 0.2) is 23.9 Å². The zero-order valence-corrected chi connectivity index (χ0v) is 19.2. The summed E-state index contributed by atoms with van der Waals surface area (Å²) < 4.78 is 5.41. The first-order valence-electron chi connectivity index (χ1n) is 11.7. The molecule has 3 heterocycles. The first-order chi connectivity index (χ1) is 15.0. The van der Waals surface area contributed by atoms with Crippen LogP contribution in [0.25, 0.3) is 5.57 Å². The third kappa shape index (κ3) is 4.70. The zero-order valence-electron chi connectivity index (χ0n) is 19.2. The van der Waals surface area contributed by atoms with Crippen LogP contribution in [0.5, 0.6) is 0 Å². The Kier molecular flexibility index (Phi) is 6.77. The van der Waals surface area contributed by atoms with Crippen LogP contribution in [0, 0.1) is 19.8 Å². The Labute approximate surface area is 185 Å². The first-order valence-corrected chi connectivity index (χ1v) is 11.7. The van der Waals surface area contributed by atoms with E-state index in [9.17, 15) is 9.59 Å². The van der Waals surface area contributed by atoms with Gasteiger partial charge in [0.25, 0.3) is 11.8 Å². The van der Waals surface area contributed by atoms with E-state index in [0.717, 1.165) is 81.9 Å². The van der Waals surface area contributed by atoms with Gasteiger partial charge in [-0.3, -0.25) is 19.4 Å². The lowest BCUT2D eigenvalue weighted by Crippen LogP contribution is -2.41. The third-order valence-electron chi connectivity index (χ3n) is 6.85. The number of likely N-dealkylation sites (tertiary alicyclic amines) is 1. The van der Waals surface area contributed by atoms with Gasteiger partial charge in [0.05, 0.1) is 18.8 Å². The van der Waals surface area contributed by atoms with Gasteiger partial charge in [-0.1, -0.05) is 30.7 Å². The molecule has 0 N–H and O–H groups in total. The Morgan fingerprint density at radius 1 is 0.968 bits per heavy atom. The standard InChI is InChI=1S/C25H35N3O3/c1-18-7-11-27(12-8-18)23-22(21-6-5-19(2)17-20(21)3)24(29)28(25(23)30)10-4-9-26-13-15-31-16-14-26/h5-6,17-18H,4,7-16H2,1-3H3. The molecule has 4 rings (SSSR count). The van der Waals surface area contributed by atoms with Crippen LogP contribution in [0.2, 0.25) is 0 Å². The lowest BCUT2D eigenvalue weighted by molar-refractivity contribution is -0.137. The molecule has 1 aromatic rings. The van der Waals surface area contributed by atoms with Crippen LogP contribution < -0.4 is 0 Å². The van der Waals surface area contributed by atoms with Gasteiger partial charge in [-0.2, -0.15) is 0 Å². The van der Waals surface area contributed by atoms with Crippen LogP contribution in [-0.2, 0) is 14.3 Å². The molecule has 2 amide bonds. The van der Waals surface area contributed by atoms with Crippen LogP contribution in [-0.4, -0.2) is 79.0 Å². The number of hydrogen-bond acceptors (Lipinski definition) is 5. The largest absolute Gasteiger partial charge is 0.379 e. The highest BCUT2D eigenvalue weighted by Gasteiger charge is 2.42. The maximum absolute atomic E-state index is 13.5. The van der Waals surface area contributed by atoms with Crippen molar-refractivity contribution in [3.8, 4) is 0 Å². The number of rotatable bonds is 6. The summed E-state index contributed by atoms with van der Waals surface area (Å²) in [5, 5.41) is 0. The zero-order chi connectivity index (χ0) is 22.0. The summed E-state index contributed by atoms with van der Waals surface area (Å²) in [7, 11) is 0. The molecule has 0 radical (unpaired) electrons. The van der Waals surface area contributed by atoms with E-state index in [0.29, 0.717) is 23.7 Å². The molecule has 3 aliphatic rings. The van der Waals surface area contributed by atoms with Crippen LogP contribution in [0.3, 0.4) is 0 Å². The molecule has 31 heavy (non-hydrogen) atoms. The smallest absolute Gasteiger partial charge is 0.277 e. The van der Waals surface area contributed by atoms with Crippen molar-refractivity contribution in [2.75, 3.05) is 52.5 Å². The van der Waals surface area contributed by atoms with Gasteiger partial charge in [-0.05, 0) is 50.2 Å². The molecular formula is C25H35N3O3. The van der Waals surface area contributed by atoms with Crippen LogP contribution in [0.1, 0.15) is 42.9 Å². The Hall–Kier alpha value is -2.18. The number of aryl methyl sites for hydroxylation is 2. The summed E-state index contributed by atoms with van der Waals surface area (Å²) >= 11 is 0. The minimum Gasteiger partial charge on any atom is -0.379 e. The monoisotopic (exact) mass is 425 g/mol. The number of benzene rings is 1. The molecule has 0 aliphatic carbocycles. The average Bonchev–Trinajstić information content (AvgIpc) is 3.00. The molecule has 0 saturated carbocycles. The average molecular weight is 426 g/mol. The van der Waals surface area contributed by atoms with Crippen LogP contribution >= 0.6 is 0 Å². The van der Waals surface area contributed by atoms with Gasteiger partial charge in [-0.15, -0.1) is 0 Å². The molecule has 2 fully saturated rings. The number of imide groups is 1. The summed E-state index contributed by atoms with van der Waals surface area (Å²) in [6, 6.07) is 6.14. The molecule has 3 aliphatic heterocycles. The molecule has 0 spiro atoms. The Bertz CT molecular complexity index is 865. The second kappa shape index (κ2) is 9.53. The number of piperidine rings is 1. The molecule has 6 heteroatoms. The number of nitrogens with zero attached hydrogens (tertiary/aromatic N) is 3. The molecule has 0 bridgehead atoms. The maximum Gasteiger partial charge on any atom is 0.277 e. The van der Waals surface area contributed by atoms with Crippen molar-refractivity contribution in [3.05, 3.63) is 40.6 Å². The Balaban J connectivity index is 1.57. The SMILES string of the molecule is Cc1ccc(C2=C(N3CCC(C)CC3)C(=O)N(CCCN3CCOCC3)C2=O)c(C)c1. The fraction of sp³-hybridized carbons (Fsp3) is 0.600. The topological polar surface area (TPSA) is 53.1 Å². The van der Waals surface area contributed by atoms with Gasteiger partial charge in [0.2, 0.25) is 0 Å². The van der Waals surface area contributed by atoms with E-state index in [2.05, 4.69) is 29.7 Å². The van der Waals surface area contributed by atoms with Crippen molar-refractivity contribution in [2.24, 2.45) is 5.92 Å². The van der Waals surface area contributed by atoms with Crippen molar-refractivity contribution < 1.29 is 14.3 Å². The van der Waals surface area contributed by atoms with Gasteiger partial charge >= 0.3 is 0 Å². The second-order valence-electron chi connectivity index (χ2n) is 9.28. The summed E-state index contributed by atoms with van der Waals surface area (Å²) in [4.78, 5) is 33.1. The van der Waals surface area contributed by atoms with Crippen molar-refractivity contribution in [2.45, 2.75) is 40.0 Å². The molecule has 2 saturated heterocycles. The van der Waals surface area contributed by atoms with Gasteiger partial charge < -0.3 is 9.64 Å². The molecule has 0 aromatic heterocycles. The molecule has 0 unspecified atom stereocenters. The predicted molar refractivity (Wildman–Crippen MR) is 121 cm³/mol. The summed E-state index contributed by atoms with van der Waals surface area (Å²) in [5.74, 6) is 0.419. The highest BCUT2D eigenvalue weighted by molar-refractivity contribution is 6.35. The minimum atomic E-state index is -0.132. The third-order valence-corrected chi connectivity index (χ3v) is 6.85. The van der Waals surface area contributed by atoms with Gasteiger partial charge in [0, 0.05) is 39.3 Å². The maximum atomic E-state index is 13.5. The van der Waals surface area contributed by atoms with Crippen molar-refractivity contribution in [1.29, 1.82) is 0 Å². The fourth-order valence-corrected chi connectivity index (χ4v) is 4.91. The van der Waals surface area contributed by atoms with E-state index in [4.69, 9.17) is 4.74 Å². The van der Waals surface area contributed by atoms with E-state index >= 15 is 0 Å². The summed E-state index contributed by atoms with van der Waals surface area (Å²) in [6.45, 7) is 12.7. The molecule has 1 aromatic carbocycles. The highest BCUT2D eigenvalue weighted by atomic mass is 16.5. The predicted octanol–water partition coefficient (Wildman–Crippen LogP) is 2.84. The van der Waals surface area contributed by atoms with E-state index in [1.54, 1.807) is 0 Å². The van der Waals surface area contributed by atoms with E-state index in [1.165, 1.54) is 4.90 Å². The normalized spacial score (nSPS) is 21.5. The van der Waals surface area contributed by atoms with E-state index in [1.807, 2.05) is 19.1 Å². The number of morpholine rings is 1. The number of hydrogen-bond donors (Lipinski definition) is 0. The number of amides is 2. The summed E-state index contributed by atoms with van der Waals surface area (Å²) in [6.07, 6.45) is 2.91. The molecule has 168 valence electrons. The Morgan fingerprint density at radius 3 is 2.35 bits per heavy atom. The van der Waals surface area contributed by atoms with Crippen molar-refractivity contribution in [3.63, 3.8) is 0 Å². The fourth-order valence-electron chi connectivity index (χ4n) is 4.91. The van der Waals surface area contributed by atoms with Crippen molar-refractivity contribution >= 4 is 17.4 Å². The minimum absolute atomic E-state index is 0.114. The quantitative estimate of drug-likeness (QED) is 0.656. The molecular weight excluding hydrogens is 390 g/mol. The van der Waals surface area contributed by atoms with Gasteiger partial charge in [0.15, 0.2) is 0 Å². The number of carbonyl (C=O) groups excluding carboxylic acids is 2.